The summed E-state index contributed by atoms with van der Waals surface area (Å²) in [5, 5.41) is 6.38. The van der Waals surface area contributed by atoms with Crippen LogP contribution in [0.15, 0.2) is 23.2 Å². The van der Waals surface area contributed by atoms with Crippen LogP contribution in [0, 0.1) is 11.6 Å². The molecule has 0 spiro atoms. The molecule has 0 amide bonds. The summed E-state index contributed by atoms with van der Waals surface area (Å²) in [5.41, 5.74) is 0.176. The Morgan fingerprint density at radius 3 is 2.65 bits per heavy atom. The third-order valence-electron chi connectivity index (χ3n) is 3.60. The van der Waals surface area contributed by atoms with E-state index in [-0.39, 0.29) is 41.5 Å². The number of methoxy groups -OCH3 is 1. The van der Waals surface area contributed by atoms with E-state index in [1.54, 1.807) is 7.11 Å². The van der Waals surface area contributed by atoms with Gasteiger partial charge in [-0.3, -0.25) is 4.99 Å². The lowest BCUT2D eigenvalue weighted by atomic mass is 10.1. The fourth-order valence-electron chi connectivity index (χ4n) is 2.43. The van der Waals surface area contributed by atoms with Crippen LogP contribution in [0.5, 0.6) is 0 Å². The number of nitrogens with one attached hydrogen (secondary N) is 2. The molecule has 1 aliphatic rings. The first-order valence-corrected chi connectivity index (χ1v) is 7.65. The molecule has 0 radical (unpaired) electrons. The Morgan fingerprint density at radius 1 is 1.35 bits per heavy atom. The molecule has 1 aromatic carbocycles. The summed E-state index contributed by atoms with van der Waals surface area (Å²) in [4.78, 5) is 4.43. The number of halogens is 3. The molecule has 7 heteroatoms. The molecule has 1 saturated carbocycles. The highest BCUT2D eigenvalue weighted by Gasteiger charge is 2.42. The second-order valence-electron chi connectivity index (χ2n) is 5.34. The molecule has 2 N–H and O–H groups in total. The highest BCUT2D eigenvalue weighted by Crippen LogP contribution is 2.42. The zero-order valence-corrected chi connectivity index (χ0v) is 15.8. The van der Waals surface area contributed by atoms with E-state index in [1.807, 2.05) is 6.92 Å². The van der Waals surface area contributed by atoms with Crippen LogP contribution in [-0.2, 0) is 4.74 Å². The summed E-state index contributed by atoms with van der Waals surface area (Å²) in [5.74, 6) is -0.403. The van der Waals surface area contributed by atoms with Gasteiger partial charge in [-0.15, -0.1) is 24.0 Å². The van der Waals surface area contributed by atoms with E-state index in [4.69, 9.17) is 4.74 Å². The number of benzene rings is 1. The van der Waals surface area contributed by atoms with Crippen molar-refractivity contribution in [3.63, 3.8) is 0 Å². The van der Waals surface area contributed by atoms with Gasteiger partial charge in [0.1, 0.15) is 11.6 Å². The molecule has 0 bridgehead atoms. The van der Waals surface area contributed by atoms with E-state index in [9.17, 15) is 8.78 Å². The summed E-state index contributed by atoms with van der Waals surface area (Å²) in [6.45, 7) is 4.03. The highest BCUT2D eigenvalue weighted by molar-refractivity contribution is 14.0. The Kier molecular flexibility index (Phi) is 8.75. The van der Waals surface area contributed by atoms with E-state index in [0.29, 0.717) is 25.5 Å². The molecule has 0 heterocycles. The largest absolute Gasteiger partial charge is 0.385 e. The van der Waals surface area contributed by atoms with E-state index in [0.717, 1.165) is 13.0 Å². The molecule has 1 aliphatic carbocycles. The van der Waals surface area contributed by atoms with Crippen molar-refractivity contribution in [2.24, 2.45) is 4.99 Å². The van der Waals surface area contributed by atoms with E-state index < -0.39 is 11.6 Å². The smallest absolute Gasteiger partial charge is 0.191 e. The van der Waals surface area contributed by atoms with Gasteiger partial charge in [0.2, 0.25) is 0 Å². The molecule has 1 aromatic rings. The van der Waals surface area contributed by atoms with Crippen LogP contribution in [0.25, 0.3) is 0 Å². The monoisotopic (exact) mass is 439 g/mol. The molecular formula is C16H24F2IN3O. The molecule has 0 aromatic heterocycles. The Bertz CT molecular complexity index is 508. The van der Waals surface area contributed by atoms with Crippen LogP contribution >= 0.6 is 24.0 Å². The number of nitrogens with zero attached hydrogens (tertiary/aromatic N) is 1. The zero-order valence-electron chi connectivity index (χ0n) is 13.4. The number of ether oxygens (including phenoxy) is 1. The minimum atomic E-state index is -0.476. The normalized spacial score (nSPS) is 19.9. The average molecular weight is 439 g/mol. The summed E-state index contributed by atoms with van der Waals surface area (Å²) in [7, 11) is 1.66. The Morgan fingerprint density at radius 2 is 2.04 bits per heavy atom. The molecule has 0 saturated heterocycles. The van der Waals surface area contributed by atoms with Crippen LogP contribution < -0.4 is 10.6 Å². The second kappa shape index (κ2) is 10.0. The molecular weight excluding hydrogens is 415 g/mol. The molecule has 4 nitrogen and oxygen atoms in total. The van der Waals surface area contributed by atoms with Gasteiger partial charge in [0, 0.05) is 44.3 Å². The molecule has 2 unspecified atom stereocenters. The SMILES string of the molecule is CCNC(=NCCCOC)NC1CC1c1c(F)cccc1F.I. The van der Waals surface area contributed by atoms with Crippen molar-refractivity contribution in [3.8, 4) is 0 Å². The average Bonchev–Trinajstić information content (AvgIpc) is 3.22. The molecule has 2 atom stereocenters. The van der Waals surface area contributed by atoms with Crippen molar-refractivity contribution in [2.75, 3.05) is 26.8 Å². The predicted molar refractivity (Wildman–Crippen MR) is 98.5 cm³/mol. The van der Waals surface area contributed by atoms with Crippen molar-refractivity contribution in [1.29, 1.82) is 0 Å². The van der Waals surface area contributed by atoms with Crippen molar-refractivity contribution in [3.05, 3.63) is 35.4 Å². The van der Waals surface area contributed by atoms with Crippen molar-refractivity contribution < 1.29 is 13.5 Å². The molecule has 2 rings (SSSR count). The topological polar surface area (TPSA) is 45.7 Å². The van der Waals surface area contributed by atoms with Crippen LogP contribution in [0.4, 0.5) is 8.78 Å². The lowest BCUT2D eigenvalue weighted by molar-refractivity contribution is 0.197. The van der Waals surface area contributed by atoms with E-state index >= 15 is 0 Å². The van der Waals surface area contributed by atoms with Crippen molar-refractivity contribution >= 4 is 29.9 Å². The minimum absolute atomic E-state index is 0. The van der Waals surface area contributed by atoms with Crippen LogP contribution in [0.3, 0.4) is 0 Å². The number of guanidine groups is 1. The predicted octanol–water partition coefficient (Wildman–Crippen LogP) is 3.03. The minimum Gasteiger partial charge on any atom is -0.385 e. The number of rotatable bonds is 7. The second-order valence-corrected chi connectivity index (χ2v) is 5.34. The summed E-state index contributed by atoms with van der Waals surface area (Å²) in [6.07, 6.45) is 1.55. The van der Waals surface area contributed by atoms with Crippen LogP contribution in [0.1, 0.15) is 31.2 Å². The summed E-state index contributed by atoms with van der Waals surface area (Å²) >= 11 is 0. The third kappa shape index (κ3) is 5.87. The fourth-order valence-corrected chi connectivity index (χ4v) is 2.43. The number of aliphatic imine (C=N–C) groups is 1. The van der Waals surface area contributed by atoms with E-state index in [1.165, 1.54) is 18.2 Å². The lowest BCUT2D eigenvalue weighted by Gasteiger charge is -2.11. The Hall–Kier alpha value is -0.960. The number of hydrogen-bond donors (Lipinski definition) is 2. The maximum Gasteiger partial charge on any atom is 0.191 e. The Balaban J connectivity index is 0.00000264. The van der Waals surface area contributed by atoms with Gasteiger partial charge in [-0.25, -0.2) is 8.78 Å². The van der Waals surface area contributed by atoms with Gasteiger partial charge in [-0.1, -0.05) is 6.07 Å². The number of hydrogen-bond acceptors (Lipinski definition) is 2. The van der Waals surface area contributed by atoms with Crippen molar-refractivity contribution in [1.82, 2.24) is 10.6 Å². The standard InChI is InChI=1S/C16H23F2N3O.HI/c1-3-19-16(20-8-5-9-22-2)21-14-10-11(14)15-12(17)6-4-7-13(15)18;/h4,6-7,11,14H,3,5,8-10H2,1-2H3,(H2,19,20,21);1H. The van der Waals surface area contributed by atoms with Gasteiger partial charge < -0.3 is 15.4 Å². The highest BCUT2D eigenvalue weighted by atomic mass is 127. The molecule has 0 aliphatic heterocycles. The summed E-state index contributed by atoms with van der Waals surface area (Å²) < 4.78 is 32.5. The first kappa shape index (κ1) is 20.1. The van der Waals surface area contributed by atoms with Crippen LogP contribution in [-0.4, -0.2) is 38.8 Å². The first-order valence-electron chi connectivity index (χ1n) is 7.65. The summed E-state index contributed by atoms with van der Waals surface area (Å²) in [6, 6.07) is 4.02. The third-order valence-corrected chi connectivity index (χ3v) is 3.60. The van der Waals surface area contributed by atoms with Gasteiger partial charge in [-0.2, -0.15) is 0 Å². The quantitative estimate of drug-likeness (QED) is 0.297. The van der Waals surface area contributed by atoms with Gasteiger partial charge in [-0.05, 0) is 31.9 Å². The molecule has 23 heavy (non-hydrogen) atoms. The first-order chi connectivity index (χ1) is 10.7. The van der Waals surface area contributed by atoms with Crippen LogP contribution in [0.2, 0.25) is 0 Å². The maximum atomic E-state index is 13.8. The van der Waals surface area contributed by atoms with Gasteiger partial charge >= 0.3 is 0 Å². The van der Waals surface area contributed by atoms with E-state index in [2.05, 4.69) is 15.6 Å². The molecule has 1 fully saturated rings. The zero-order chi connectivity index (χ0) is 15.9. The lowest BCUT2D eigenvalue weighted by Crippen LogP contribution is -2.39. The fraction of sp³-hybridized carbons (Fsp3) is 0.562. The van der Waals surface area contributed by atoms with Crippen molar-refractivity contribution in [2.45, 2.75) is 31.7 Å². The van der Waals surface area contributed by atoms with Gasteiger partial charge in [0.15, 0.2) is 5.96 Å². The van der Waals surface area contributed by atoms with Gasteiger partial charge in [0.25, 0.3) is 0 Å². The molecule has 130 valence electrons. The maximum absolute atomic E-state index is 13.8. The Labute approximate surface area is 153 Å². The van der Waals surface area contributed by atoms with Gasteiger partial charge in [0.05, 0.1) is 0 Å².